The van der Waals surface area contributed by atoms with Crippen molar-refractivity contribution in [2.45, 2.75) is 58.7 Å². The minimum absolute atomic E-state index is 0.0315. The Labute approximate surface area is 193 Å². The number of para-hydroxylation sites is 1. The van der Waals surface area contributed by atoms with Gasteiger partial charge in [0, 0.05) is 28.1 Å². The highest BCUT2D eigenvalue weighted by Crippen LogP contribution is 2.33. The summed E-state index contributed by atoms with van der Waals surface area (Å²) < 4.78 is 2.04. The Bertz CT molecular complexity index is 1050. The van der Waals surface area contributed by atoms with Crippen molar-refractivity contribution >= 4 is 34.7 Å². The standard InChI is InChI=1S/C24H30N4OS2/c1-6-13-28-23(20-14-30-16(5)19(20)9-4)26-27-24(28)31-15-21(29)25-22-17(7-2)11-10-12-18(22)8-3/h6,10-12,14H,1,7-9,13,15H2,2-5H3,(H,25,29). The van der Waals surface area contributed by atoms with Crippen molar-refractivity contribution in [2.24, 2.45) is 0 Å². The average molecular weight is 455 g/mol. The molecule has 0 fully saturated rings. The van der Waals surface area contributed by atoms with Gasteiger partial charge in [0.2, 0.25) is 5.91 Å². The van der Waals surface area contributed by atoms with Crippen LogP contribution in [0.1, 0.15) is 42.3 Å². The van der Waals surface area contributed by atoms with Gasteiger partial charge in [-0.25, -0.2) is 0 Å². The molecule has 164 valence electrons. The van der Waals surface area contributed by atoms with Crippen LogP contribution in [0, 0.1) is 6.92 Å². The predicted octanol–water partition coefficient (Wildman–Crippen LogP) is 5.92. The lowest BCUT2D eigenvalue weighted by Gasteiger charge is -2.14. The number of rotatable bonds is 10. The van der Waals surface area contributed by atoms with Gasteiger partial charge in [0.05, 0.1) is 5.75 Å². The minimum atomic E-state index is -0.0315. The Hall–Kier alpha value is -2.38. The van der Waals surface area contributed by atoms with Crippen molar-refractivity contribution in [2.75, 3.05) is 11.1 Å². The summed E-state index contributed by atoms with van der Waals surface area (Å²) in [5.74, 6) is 1.09. The molecule has 5 nitrogen and oxygen atoms in total. The maximum absolute atomic E-state index is 12.8. The Kier molecular flexibility index (Phi) is 8.09. The number of benzene rings is 1. The number of anilines is 1. The summed E-state index contributed by atoms with van der Waals surface area (Å²) in [6, 6.07) is 6.20. The normalized spacial score (nSPS) is 11.0. The van der Waals surface area contributed by atoms with E-state index in [2.05, 4.69) is 73.4 Å². The smallest absolute Gasteiger partial charge is 0.234 e. The van der Waals surface area contributed by atoms with E-state index in [-0.39, 0.29) is 11.7 Å². The molecule has 0 aliphatic rings. The zero-order chi connectivity index (χ0) is 22.4. The summed E-state index contributed by atoms with van der Waals surface area (Å²) in [4.78, 5) is 14.1. The van der Waals surface area contributed by atoms with Crippen molar-refractivity contribution in [1.29, 1.82) is 0 Å². The lowest BCUT2D eigenvalue weighted by molar-refractivity contribution is -0.113. The highest BCUT2D eigenvalue weighted by atomic mass is 32.2. The minimum Gasteiger partial charge on any atom is -0.325 e. The molecule has 1 N–H and O–H groups in total. The Balaban J connectivity index is 1.79. The summed E-state index contributed by atoms with van der Waals surface area (Å²) in [6.07, 6.45) is 4.56. The number of hydrogen-bond donors (Lipinski definition) is 1. The molecule has 2 aromatic heterocycles. The Morgan fingerprint density at radius 2 is 1.90 bits per heavy atom. The zero-order valence-corrected chi connectivity index (χ0v) is 20.3. The van der Waals surface area contributed by atoms with Gasteiger partial charge < -0.3 is 5.32 Å². The lowest BCUT2D eigenvalue weighted by Crippen LogP contribution is -2.17. The van der Waals surface area contributed by atoms with Gasteiger partial charge >= 0.3 is 0 Å². The van der Waals surface area contributed by atoms with Gasteiger partial charge in [0.15, 0.2) is 11.0 Å². The summed E-state index contributed by atoms with van der Waals surface area (Å²) in [5.41, 5.74) is 5.71. The fraction of sp³-hybridized carbons (Fsp3) is 0.375. The number of nitrogens with one attached hydrogen (secondary N) is 1. The second kappa shape index (κ2) is 10.8. The van der Waals surface area contributed by atoms with E-state index in [1.165, 1.54) is 22.2 Å². The molecule has 0 spiro atoms. The van der Waals surface area contributed by atoms with Crippen molar-refractivity contribution < 1.29 is 4.79 Å². The summed E-state index contributed by atoms with van der Waals surface area (Å²) in [7, 11) is 0. The number of hydrogen-bond acceptors (Lipinski definition) is 5. The van der Waals surface area contributed by atoms with Gasteiger partial charge in [-0.15, -0.1) is 28.1 Å². The molecule has 0 saturated carbocycles. The van der Waals surface area contributed by atoms with E-state index in [0.717, 1.165) is 52.6 Å². The molecule has 0 unspecified atom stereocenters. The maximum atomic E-state index is 12.8. The average Bonchev–Trinajstić information content (AvgIpc) is 3.35. The molecule has 0 aliphatic heterocycles. The third-order valence-corrected chi connectivity index (χ3v) is 7.24. The van der Waals surface area contributed by atoms with Crippen LogP contribution in [-0.2, 0) is 30.6 Å². The first-order chi connectivity index (χ1) is 15.0. The highest BCUT2D eigenvalue weighted by Gasteiger charge is 2.19. The molecule has 0 radical (unpaired) electrons. The largest absolute Gasteiger partial charge is 0.325 e. The van der Waals surface area contributed by atoms with Crippen LogP contribution in [0.4, 0.5) is 5.69 Å². The van der Waals surface area contributed by atoms with E-state index in [4.69, 9.17) is 0 Å². The van der Waals surface area contributed by atoms with E-state index in [1.54, 1.807) is 11.3 Å². The van der Waals surface area contributed by atoms with E-state index in [1.807, 2.05) is 10.6 Å². The number of thioether (sulfide) groups is 1. The van der Waals surface area contributed by atoms with Crippen LogP contribution in [0.2, 0.25) is 0 Å². The van der Waals surface area contributed by atoms with E-state index < -0.39 is 0 Å². The first-order valence-electron chi connectivity index (χ1n) is 10.7. The van der Waals surface area contributed by atoms with Crippen molar-refractivity contribution in [3.8, 4) is 11.4 Å². The molecule has 1 amide bonds. The van der Waals surface area contributed by atoms with Gasteiger partial charge in [-0.2, -0.15) is 0 Å². The van der Waals surface area contributed by atoms with Gasteiger partial charge in [-0.3, -0.25) is 9.36 Å². The fourth-order valence-electron chi connectivity index (χ4n) is 3.70. The number of aryl methyl sites for hydroxylation is 3. The maximum Gasteiger partial charge on any atom is 0.234 e. The monoisotopic (exact) mass is 454 g/mol. The lowest BCUT2D eigenvalue weighted by atomic mass is 10.0. The fourth-order valence-corrected chi connectivity index (χ4v) is 5.39. The van der Waals surface area contributed by atoms with Crippen LogP contribution in [0.15, 0.2) is 41.4 Å². The summed E-state index contributed by atoms with van der Waals surface area (Å²) in [5, 5.41) is 14.9. The molecule has 7 heteroatoms. The van der Waals surface area contributed by atoms with Crippen LogP contribution in [0.25, 0.3) is 11.4 Å². The number of nitrogens with zero attached hydrogens (tertiary/aromatic N) is 3. The topological polar surface area (TPSA) is 59.8 Å². The van der Waals surface area contributed by atoms with Gasteiger partial charge in [0.1, 0.15) is 0 Å². The number of aromatic nitrogens is 3. The number of carbonyl (C=O) groups excluding carboxylic acids is 1. The molecule has 0 bridgehead atoms. The molecule has 0 saturated heterocycles. The molecule has 3 aromatic rings. The third kappa shape index (κ3) is 5.10. The van der Waals surface area contributed by atoms with Crippen molar-refractivity contribution in [1.82, 2.24) is 14.8 Å². The predicted molar refractivity (Wildman–Crippen MR) is 132 cm³/mol. The molecule has 0 aliphatic carbocycles. The molecule has 2 heterocycles. The van der Waals surface area contributed by atoms with Gasteiger partial charge in [-0.05, 0) is 42.9 Å². The van der Waals surface area contributed by atoms with Crippen LogP contribution < -0.4 is 5.32 Å². The van der Waals surface area contributed by atoms with Crippen LogP contribution >= 0.6 is 23.1 Å². The molecule has 31 heavy (non-hydrogen) atoms. The van der Waals surface area contributed by atoms with Crippen LogP contribution in [-0.4, -0.2) is 26.4 Å². The zero-order valence-electron chi connectivity index (χ0n) is 18.7. The van der Waals surface area contributed by atoms with Gasteiger partial charge in [0.25, 0.3) is 0 Å². The Morgan fingerprint density at radius 3 is 2.52 bits per heavy atom. The second-order valence-electron chi connectivity index (χ2n) is 7.24. The number of carbonyl (C=O) groups is 1. The number of amides is 1. The molecule has 3 rings (SSSR count). The van der Waals surface area contributed by atoms with Crippen molar-refractivity contribution in [3.63, 3.8) is 0 Å². The molecular formula is C24H30N4OS2. The molecular weight excluding hydrogens is 424 g/mol. The highest BCUT2D eigenvalue weighted by molar-refractivity contribution is 7.99. The van der Waals surface area contributed by atoms with Gasteiger partial charge in [-0.1, -0.05) is 56.8 Å². The summed E-state index contributed by atoms with van der Waals surface area (Å²) in [6.45, 7) is 13.0. The first-order valence-corrected chi connectivity index (χ1v) is 12.5. The second-order valence-corrected chi connectivity index (χ2v) is 9.26. The SMILES string of the molecule is C=CCn1c(SCC(=O)Nc2c(CC)cccc2CC)nnc1-c1csc(C)c1CC. The molecule has 1 aromatic carbocycles. The first kappa shape index (κ1) is 23.3. The number of thiophene rings is 1. The Morgan fingerprint density at radius 1 is 1.19 bits per heavy atom. The molecule has 0 atom stereocenters. The van der Waals surface area contributed by atoms with Crippen molar-refractivity contribution in [3.05, 3.63) is 57.8 Å². The van der Waals surface area contributed by atoms with E-state index in [0.29, 0.717) is 6.54 Å². The number of allylic oxidation sites excluding steroid dienone is 1. The van der Waals surface area contributed by atoms with E-state index in [9.17, 15) is 4.79 Å². The quantitative estimate of drug-likeness (QED) is 0.305. The van der Waals surface area contributed by atoms with E-state index >= 15 is 0 Å². The van der Waals surface area contributed by atoms with Crippen LogP contribution in [0.5, 0.6) is 0 Å². The third-order valence-electron chi connectivity index (χ3n) is 5.32. The summed E-state index contributed by atoms with van der Waals surface area (Å²) >= 11 is 3.14. The van der Waals surface area contributed by atoms with Crippen LogP contribution in [0.3, 0.4) is 0 Å².